The number of fused-ring (bicyclic) bond motifs is 2. The number of pyridine rings is 1. The van der Waals surface area contributed by atoms with Gasteiger partial charge >= 0.3 is 0 Å². The SMILES string of the molecule is CC(C)n1c(=O)c2cnc(Nc3ccc4c(c3)CN(CCC#N)CC4)nc2n1-c1ccnc(C(C)(C)C)c1. The molecule has 1 N–H and O–H groups in total. The van der Waals surface area contributed by atoms with Crippen molar-refractivity contribution in [3.63, 3.8) is 0 Å². The van der Waals surface area contributed by atoms with E-state index in [0.29, 0.717) is 23.4 Å². The largest absolute Gasteiger partial charge is 0.324 e. The third-order valence-electron chi connectivity index (χ3n) is 6.96. The van der Waals surface area contributed by atoms with Crippen LogP contribution in [0.5, 0.6) is 0 Å². The number of hydrogen-bond acceptors (Lipinski definition) is 7. The van der Waals surface area contributed by atoms with Gasteiger partial charge in [0.25, 0.3) is 5.56 Å². The summed E-state index contributed by atoms with van der Waals surface area (Å²) >= 11 is 0. The molecular weight excluding hydrogens is 476 g/mol. The quantitative estimate of drug-likeness (QED) is 0.394. The lowest BCUT2D eigenvalue weighted by molar-refractivity contribution is 0.260. The lowest BCUT2D eigenvalue weighted by Gasteiger charge is -2.28. The fourth-order valence-electron chi connectivity index (χ4n) is 4.96. The number of benzene rings is 1. The van der Waals surface area contributed by atoms with Crippen LogP contribution in [0.1, 0.15) is 63.9 Å². The van der Waals surface area contributed by atoms with Gasteiger partial charge in [0, 0.05) is 61.3 Å². The van der Waals surface area contributed by atoms with Crippen LogP contribution in [0.3, 0.4) is 0 Å². The highest BCUT2D eigenvalue weighted by atomic mass is 16.1. The van der Waals surface area contributed by atoms with Gasteiger partial charge in [0.05, 0.1) is 11.8 Å². The van der Waals surface area contributed by atoms with Crippen molar-refractivity contribution < 1.29 is 0 Å². The maximum atomic E-state index is 13.4. The number of nitriles is 1. The van der Waals surface area contributed by atoms with Crippen molar-refractivity contribution in [3.05, 3.63) is 69.9 Å². The van der Waals surface area contributed by atoms with Crippen LogP contribution in [0.4, 0.5) is 11.6 Å². The first-order valence-corrected chi connectivity index (χ1v) is 13.1. The zero-order valence-corrected chi connectivity index (χ0v) is 22.7. The van der Waals surface area contributed by atoms with Gasteiger partial charge < -0.3 is 5.32 Å². The highest BCUT2D eigenvalue weighted by molar-refractivity contribution is 5.77. The van der Waals surface area contributed by atoms with Gasteiger partial charge in [-0.05, 0) is 55.7 Å². The van der Waals surface area contributed by atoms with Crippen LogP contribution in [-0.4, -0.2) is 42.3 Å². The topological polar surface area (TPSA) is 105 Å². The van der Waals surface area contributed by atoms with E-state index in [1.54, 1.807) is 17.1 Å². The third kappa shape index (κ3) is 4.92. The maximum absolute atomic E-state index is 13.4. The van der Waals surface area contributed by atoms with Crippen LogP contribution < -0.4 is 10.9 Å². The van der Waals surface area contributed by atoms with Gasteiger partial charge in [0.1, 0.15) is 5.39 Å². The second-order valence-corrected chi connectivity index (χ2v) is 11.2. The molecule has 4 aromatic rings. The molecule has 1 aliphatic rings. The van der Waals surface area contributed by atoms with E-state index < -0.39 is 0 Å². The number of aromatic nitrogens is 5. The van der Waals surface area contributed by atoms with Crippen LogP contribution in [0, 0.1) is 11.3 Å². The number of anilines is 2. The van der Waals surface area contributed by atoms with Crippen molar-refractivity contribution in [2.24, 2.45) is 0 Å². The molecular formula is C29H34N8O. The Morgan fingerprint density at radius 2 is 1.95 bits per heavy atom. The van der Waals surface area contributed by atoms with Crippen LogP contribution in [0.15, 0.2) is 47.5 Å². The van der Waals surface area contributed by atoms with Crippen molar-refractivity contribution in [2.75, 3.05) is 18.4 Å². The Labute approximate surface area is 222 Å². The van der Waals surface area contributed by atoms with E-state index in [1.807, 2.05) is 36.7 Å². The Morgan fingerprint density at radius 3 is 2.68 bits per heavy atom. The Kier molecular flexibility index (Phi) is 6.76. The second-order valence-electron chi connectivity index (χ2n) is 11.2. The Bertz CT molecular complexity index is 1590. The smallest absolute Gasteiger partial charge is 0.278 e. The summed E-state index contributed by atoms with van der Waals surface area (Å²) in [5.74, 6) is 0.425. The normalized spacial score (nSPS) is 14.0. The molecule has 3 aromatic heterocycles. The highest BCUT2D eigenvalue weighted by Crippen LogP contribution is 2.27. The summed E-state index contributed by atoms with van der Waals surface area (Å²) in [6, 6.07) is 12.4. The summed E-state index contributed by atoms with van der Waals surface area (Å²) in [5.41, 5.74) is 5.52. The molecule has 0 spiro atoms. The minimum absolute atomic E-state index is 0.0796. The average Bonchev–Trinajstić information content (AvgIpc) is 3.18. The average molecular weight is 511 g/mol. The molecule has 0 unspecified atom stereocenters. The van der Waals surface area contributed by atoms with Gasteiger partial charge in [-0.15, -0.1) is 0 Å². The highest BCUT2D eigenvalue weighted by Gasteiger charge is 2.22. The number of rotatable bonds is 6. The molecule has 1 aromatic carbocycles. The maximum Gasteiger partial charge on any atom is 0.278 e. The second kappa shape index (κ2) is 10.0. The zero-order chi connectivity index (χ0) is 27.0. The minimum Gasteiger partial charge on any atom is -0.324 e. The molecule has 4 heterocycles. The molecule has 196 valence electrons. The van der Waals surface area contributed by atoms with Crippen molar-refractivity contribution in [1.29, 1.82) is 5.26 Å². The molecule has 0 saturated carbocycles. The first-order chi connectivity index (χ1) is 18.2. The van der Waals surface area contributed by atoms with Crippen LogP contribution >= 0.6 is 0 Å². The molecule has 38 heavy (non-hydrogen) atoms. The zero-order valence-electron chi connectivity index (χ0n) is 22.7. The van der Waals surface area contributed by atoms with Gasteiger partial charge in [-0.2, -0.15) is 10.2 Å². The summed E-state index contributed by atoms with van der Waals surface area (Å²) in [4.78, 5) is 29.6. The van der Waals surface area contributed by atoms with Gasteiger partial charge in [-0.25, -0.2) is 14.3 Å². The van der Waals surface area contributed by atoms with Crippen LogP contribution in [0.25, 0.3) is 16.7 Å². The molecule has 0 aliphatic carbocycles. The Hall–Kier alpha value is -4.03. The number of nitrogens with zero attached hydrogens (tertiary/aromatic N) is 7. The number of hydrogen-bond donors (Lipinski definition) is 1. The van der Waals surface area contributed by atoms with E-state index in [9.17, 15) is 4.79 Å². The van der Waals surface area contributed by atoms with Crippen molar-refractivity contribution in [3.8, 4) is 11.8 Å². The van der Waals surface area contributed by atoms with Crippen LogP contribution in [0.2, 0.25) is 0 Å². The predicted octanol–water partition coefficient (Wildman–Crippen LogP) is 4.87. The molecule has 0 radical (unpaired) electrons. The first-order valence-electron chi connectivity index (χ1n) is 13.1. The first kappa shape index (κ1) is 25.6. The molecule has 9 nitrogen and oxygen atoms in total. The fourth-order valence-corrected chi connectivity index (χ4v) is 4.96. The van der Waals surface area contributed by atoms with E-state index in [-0.39, 0.29) is 17.0 Å². The van der Waals surface area contributed by atoms with Crippen molar-refractivity contribution in [1.82, 2.24) is 29.2 Å². The summed E-state index contributed by atoms with van der Waals surface area (Å²) < 4.78 is 3.60. The van der Waals surface area contributed by atoms with Gasteiger partial charge in [0.15, 0.2) is 5.65 Å². The number of nitrogens with one attached hydrogen (secondary N) is 1. The lowest BCUT2D eigenvalue weighted by Crippen LogP contribution is -2.31. The van der Waals surface area contributed by atoms with E-state index in [2.05, 4.69) is 59.2 Å². The summed E-state index contributed by atoms with van der Waals surface area (Å²) in [6.07, 6.45) is 4.90. The van der Waals surface area contributed by atoms with Crippen LogP contribution in [-0.2, 0) is 18.4 Å². The van der Waals surface area contributed by atoms with Gasteiger partial charge in [-0.3, -0.25) is 14.7 Å². The van der Waals surface area contributed by atoms with Gasteiger partial charge in [-0.1, -0.05) is 26.8 Å². The molecule has 0 saturated heterocycles. The summed E-state index contributed by atoms with van der Waals surface area (Å²) in [5, 5.41) is 12.8. The van der Waals surface area contributed by atoms with E-state index in [0.717, 1.165) is 43.1 Å². The van der Waals surface area contributed by atoms with E-state index in [1.165, 1.54) is 11.1 Å². The minimum atomic E-state index is -0.139. The Balaban J connectivity index is 1.54. The Morgan fingerprint density at radius 1 is 1.13 bits per heavy atom. The monoisotopic (exact) mass is 510 g/mol. The third-order valence-corrected chi connectivity index (χ3v) is 6.96. The van der Waals surface area contributed by atoms with Crippen molar-refractivity contribution >= 4 is 22.7 Å². The fraction of sp³-hybridized carbons (Fsp3) is 0.414. The molecule has 5 rings (SSSR count). The molecule has 9 heteroatoms. The van der Waals surface area contributed by atoms with E-state index in [4.69, 9.17) is 10.2 Å². The predicted molar refractivity (Wildman–Crippen MR) is 149 cm³/mol. The molecule has 0 amide bonds. The summed E-state index contributed by atoms with van der Waals surface area (Å²) in [7, 11) is 0. The molecule has 1 aliphatic heterocycles. The standard InChI is InChI=1S/C29H34N8O/c1-19(2)36-27(38)24-17-32-28(34-26(24)37(36)23-9-12-31-25(16-23)29(3,4)5)33-22-8-7-20-10-14-35(13-6-11-30)18-21(20)15-22/h7-9,12,15-17,19H,6,10,13-14,18H2,1-5H3,(H,32,33,34). The molecule has 0 bridgehead atoms. The van der Waals surface area contributed by atoms with Crippen molar-refractivity contribution in [2.45, 2.75) is 65.5 Å². The van der Waals surface area contributed by atoms with Gasteiger partial charge in [0.2, 0.25) is 5.95 Å². The molecule has 0 atom stereocenters. The lowest BCUT2D eigenvalue weighted by atomic mass is 9.91. The van der Waals surface area contributed by atoms with E-state index >= 15 is 0 Å². The summed E-state index contributed by atoms with van der Waals surface area (Å²) in [6.45, 7) is 12.9. The molecule has 0 fully saturated rings.